The minimum atomic E-state index is -3.08. The van der Waals surface area contributed by atoms with Crippen molar-refractivity contribution in [3.8, 4) is 0 Å². The standard InChI is InChI=1S/C15H23NO2S/c1-4-9-16-15-10-14(11(15)2)12-5-7-13(8-6-12)19(3,17)18/h5-8,11,14-16H,4,9-10H2,1-3H3. The van der Waals surface area contributed by atoms with E-state index in [0.29, 0.717) is 22.8 Å². The molecule has 2 rings (SSSR count). The quantitative estimate of drug-likeness (QED) is 0.902. The van der Waals surface area contributed by atoms with E-state index in [1.807, 2.05) is 12.1 Å². The highest BCUT2D eigenvalue weighted by atomic mass is 32.2. The molecule has 0 aliphatic heterocycles. The van der Waals surface area contributed by atoms with Gasteiger partial charge < -0.3 is 5.32 Å². The molecule has 3 unspecified atom stereocenters. The van der Waals surface area contributed by atoms with Gasteiger partial charge in [0.1, 0.15) is 0 Å². The lowest BCUT2D eigenvalue weighted by molar-refractivity contribution is 0.185. The molecule has 1 aromatic rings. The Morgan fingerprint density at radius 1 is 1.26 bits per heavy atom. The van der Waals surface area contributed by atoms with Gasteiger partial charge in [-0.3, -0.25) is 0 Å². The summed E-state index contributed by atoms with van der Waals surface area (Å²) in [5.41, 5.74) is 1.26. The molecule has 4 heteroatoms. The maximum Gasteiger partial charge on any atom is 0.175 e. The molecule has 1 aliphatic rings. The number of benzene rings is 1. The molecule has 0 spiro atoms. The summed E-state index contributed by atoms with van der Waals surface area (Å²) in [6.07, 6.45) is 3.56. The third-order valence-corrected chi connectivity index (χ3v) is 5.30. The summed E-state index contributed by atoms with van der Waals surface area (Å²) in [6.45, 7) is 5.53. The van der Waals surface area contributed by atoms with Gasteiger partial charge in [-0.15, -0.1) is 0 Å². The molecule has 19 heavy (non-hydrogen) atoms. The number of sulfone groups is 1. The molecule has 106 valence electrons. The lowest BCUT2D eigenvalue weighted by atomic mass is 9.67. The van der Waals surface area contributed by atoms with Crippen molar-refractivity contribution in [3.63, 3.8) is 0 Å². The van der Waals surface area contributed by atoms with Crippen molar-refractivity contribution in [2.24, 2.45) is 5.92 Å². The van der Waals surface area contributed by atoms with Gasteiger partial charge in [0.05, 0.1) is 4.90 Å². The average molecular weight is 281 g/mol. The van der Waals surface area contributed by atoms with Crippen LogP contribution in [0.15, 0.2) is 29.2 Å². The van der Waals surface area contributed by atoms with E-state index < -0.39 is 9.84 Å². The topological polar surface area (TPSA) is 46.2 Å². The van der Waals surface area contributed by atoms with Gasteiger partial charge in [-0.05, 0) is 48.9 Å². The molecule has 3 atom stereocenters. The van der Waals surface area contributed by atoms with Gasteiger partial charge in [0.2, 0.25) is 0 Å². The van der Waals surface area contributed by atoms with Crippen LogP contribution < -0.4 is 5.32 Å². The molecule has 1 aliphatic carbocycles. The number of rotatable bonds is 5. The van der Waals surface area contributed by atoms with Crippen LogP contribution in [-0.4, -0.2) is 27.3 Å². The lowest BCUT2D eigenvalue weighted by Crippen LogP contribution is -2.48. The van der Waals surface area contributed by atoms with Crippen LogP contribution in [0.1, 0.15) is 38.2 Å². The van der Waals surface area contributed by atoms with Crippen molar-refractivity contribution in [3.05, 3.63) is 29.8 Å². The second-order valence-electron chi connectivity index (χ2n) is 5.60. The SMILES string of the molecule is CCCNC1CC(c2ccc(S(C)(=O)=O)cc2)C1C. The van der Waals surface area contributed by atoms with E-state index in [9.17, 15) is 8.42 Å². The van der Waals surface area contributed by atoms with Gasteiger partial charge in [-0.1, -0.05) is 26.0 Å². The monoisotopic (exact) mass is 281 g/mol. The first-order valence-electron chi connectivity index (χ1n) is 6.97. The highest BCUT2D eigenvalue weighted by molar-refractivity contribution is 7.90. The largest absolute Gasteiger partial charge is 0.314 e. The second-order valence-corrected chi connectivity index (χ2v) is 7.62. The van der Waals surface area contributed by atoms with Crippen LogP contribution >= 0.6 is 0 Å². The van der Waals surface area contributed by atoms with Crippen LogP contribution in [0.3, 0.4) is 0 Å². The first-order valence-corrected chi connectivity index (χ1v) is 8.86. The maximum absolute atomic E-state index is 11.4. The van der Waals surface area contributed by atoms with E-state index in [1.54, 1.807) is 12.1 Å². The maximum atomic E-state index is 11.4. The lowest BCUT2D eigenvalue weighted by Gasteiger charge is -2.44. The van der Waals surface area contributed by atoms with E-state index >= 15 is 0 Å². The first-order chi connectivity index (χ1) is 8.93. The summed E-state index contributed by atoms with van der Waals surface area (Å²) in [6, 6.07) is 8.00. The molecular weight excluding hydrogens is 258 g/mol. The molecule has 1 N–H and O–H groups in total. The second kappa shape index (κ2) is 5.63. The highest BCUT2D eigenvalue weighted by Crippen LogP contribution is 2.42. The van der Waals surface area contributed by atoms with Gasteiger partial charge in [0.25, 0.3) is 0 Å². The first kappa shape index (κ1) is 14.5. The fourth-order valence-corrected chi connectivity index (χ4v) is 3.42. The van der Waals surface area contributed by atoms with Crippen molar-refractivity contribution in [2.45, 2.75) is 43.5 Å². The average Bonchev–Trinajstić information content (AvgIpc) is 2.36. The summed E-state index contributed by atoms with van der Waals surface area (Å²) in [5, 5.41) is 3.56. The van der Waals surface area contributed by atoms with Crippen molar-refractivity contribution < 1.29 is 8.42 Å². The molecule has 3 nitrogen and oxygen atoms in total. The van der Waals surface area contributed by atoms with Crippen molar-refractivity contribution in [2.75, 3.05) is 12.8 Å². The van der Waals surface area contributed by atoms with E-state index in [4.69, 9.17) is 0 Å². The van der Waals surface area contributed by atoms with E-state index in [1.165, 1.54) is 11.8 Å². The van der Waals surface area contributed by atoms with E-state index in [2.05, 4.69) is 19.2 Å². The Bertz CT molecular complexity index is 522. The zero-order valence-electron chi connectivity index (χ0n) is 11.9. The third kappa shape index (κ3) is 3.18. The smallest absolute Gasteiger partial charge is 0.175 e. The summed E-state index contributed by atoms with van der Waals surface area (Å²) >= 11 is 0. The Hall–Kier alpha value is -0.870. The minimum absolute atomic E-state index is 0.406. The van der Waals surface area contributed by atoms with Crippen molar-refractivity contribution >= 4 is 9.84 Å². The molecule has 1 saturated carbocycles. The van der Waals surface area contributed by atoms with Gasteiger partial charge in [-0.25, -0.2) is 8.42 Å². The van der Waals surface area contributed by atoms with Gasteiger partial charge in [0, 0.05) is 12.3 Å². The zero-order valence-corrected chi connectivity index (χ0v) is 12.7. The third-order valence-electron chi connectivity index (χ3n) is 4.17. The van der Waals surface area contributed by atoms with Crippen molar-refractivity contribution in [1.82, 2.24) is 5.32 Å². The number of nitrogens with one attached hydrogen (secondary N) is 1. The fraction of sp³-hybridized carbons (Fsp3) is 0.600. The Labute approximate surface area is 116 Å². The minimum Gasteiger partial charge on any atom is -0.314 e. The summed E-state index contributed by atoms with van der Waals surface area (Å²) in [7, 11) is -3.08. The van der Waals surface area contributed by atoms with E-state index in [-0.39, 0.29) is 0 Å². The Kier molecular flexibility index (Phi) is 4.31. The molecule has 0 radical (unpaired) electrons. The number of hydrogen-bond acceptors (Lipinski definition) is 3. The number of hydrogen-bond donors (Lipinski definition) is 1. The normalized spacial score (nSPS) is 27.0. The molecule has 1 aromatic carbocycles. The zero-order chi connectivity index (χ0) is 14.0. The molecular formula is C15H23NO2S. The van der Waals surface area contributed by atoms with Crippen LogP contribution in [-0.2, 0) is 9.84 Å². The Morgan fingerprint density at radius 2 is 1.89 bits per heavy atom. The highest BCUT2D eigenvalue weighted by Gasteiger charge is 2.37. The Balaban J connectivity index is 2.01. The Morgan fingerprint density at radius 3 is 2.37 bits per heavy atom. The van der Waals surface area contributed by atoms with Gasteiger partial charge in [-0.2, -0.15) is 0 Å². The molecule has 0 heterocycles. The molecule has 0 amide bonds. The summed E-state index contributed by atoms with van der Waals surface area (Å²) < 4.78 is 22.8. The van der Waals surface area contributed by atoms with E-state index in [0.717, 1.165) is 19.4 Å². The summed E-state index contributed by atoms with van der Waals surface area (Å²) in [5.74, 6) is 1.18. The molecule has 1 fully saturated rings. The van der Waals surface area contributed by atoms with Gasteiger partial charge >= 0.3 is 0 Å². The predicted molar refractivity (Wildman–Crippen MR) is 78.2 cm³/mol. The van der Waals surface area contributed by atoms with Crippen LogP contribution in [0.25, 0.3) is 0 Å². The fourth-order valence-electron chi connectivity index (χ4n) is 2.79. The summed E-state index contributed by atoms with van der Waals surface area (Å²) in [4.78, 5) is 0.406. The van der Waals surface area contributed by atoms with Gasteiger partial charge in [0.15, 0.2) is 9.84 Å². The predicted octanol–water partition coefficient (Wildman–Crippen LogP) is 2.58. The molecule has 0 saturated heterocycles. The van der Waals surface area contributed by atoms with Crippen LogP contribution in [0.2, 0.25) is 0 Å². The van der Waals surface area contributed by atoms with Crippen LogP contribution in [0, 0.1) is 5.92 Å². The van der Waals surface area contributed by atoms with Crippen LogP contribution in [0.5, 0.6) is 0 Å². The van der Waals surface area contributed by atoms with Crippen LogP contribution in [0.4, 0.5) is 0 Å². The molecule has 0 aromatic heterocycles. The van der Waals surface area contributed by atoms with Crippen molar-refractivity contribution in [1.29, 1.82) is 0 Å². The molecule has 0 bridgehead atoms.